The molecule has 0 radical (unpaired) electrons. The van der Waals surface area contributed by atoms with Crippen molar-refractivity contribution in [3.8, 4) is 17.1 Å². The molecule has 1 N–H and O–H groups in total. The van der Waals surface area contributed by atoms with Gasteiger partial charge in [-0.1, -0.05) is 43.7 Å². The van der Waals surface area contributed by atoms with E-state index in [9.17, 15) is 8.42 Å². The van der Waals surface area contributed by atoms with E-state index in [4.69, 9.17) is 4.74 Å². The average molecular weight is 398 g/mol. The van der Waals surface area contributed by atoms with Crippen molar-refractivity contribution >= 4 is 15.7 Å². The van der Waals surface area contributed by atoms with Crippen LogP contribution in [0.4, 0.5) is 5.69 Å². The number of ether oxygens (including phenoxy) is 1. The average Bonchev–Trinajstić information content (AvgIpc) is 2.67. The summed E-state index contributed by atoms with van der Waals surface area (Å²) in [4.78, 5) is 0.218. The minimum atomic E-state index is -3.66. The van der Waals surface area contributed by atoms with Crippen LogP contribution >= 0.6 is 0 Å². The van der Waals surface area contributed by atoms with Crippen molar-refractivity contribution in [1.29, 1.82) is 0 Å². The van der Waals surface area contributed by atoms with Gasteiger partial charge < -0.3 is 4.74 Å². The van der Waals surface area contributed by atoms with Crippen LogP contribution in [0.2, 0.25) is 0 Å². The van der Waals surface area contributed by atoms with Gasteiger partial charge in [0.05, 0.1) is 17.2 Å². The lowest BCUT2D eigenvalue weighted by Crippen LogP contribution is -2.12. The lowest BCUT2D eigenvalue weighted by molar-refractivity contribution is 0.258. The summed E-state index contributed by atoms with van der Waals surface area (Å²) in [5, 5.41) is 8.26. The SMILES string of the molecule is Cc1ccc(S(=O)(=O)Nc2cccc(-c3ccc(OCC(C)C)nn3)c2)cc1. The van der Waals surface area contributed by atoms with Gasteiger partial charge >= 0.3 is 0 Å². The van der Waals surface area contributed by atoms with Gasteiger partial charge in [-0.3, -0.25) is 4.72 Å². The molecule has 6 nitrogen and oxygen atoms in total. The highest BCUT2D eigenvalue weighted by Gasteiger charge is 2.14. The van der Waals surface area contributed by atoms with Gasteiger partial charge in [-0.25, -0.2) is 8.42 Å². The molecule has 28 heavy (non-hydrogen) atoms. The van der Waals surface area contributed by atoms with E-state index >= 15 is 0 Å². The Morgan fingerprint density at radius 2 is 1.75 bits per heavy atom. The molecule has 0 atom stereocenters. The Hall–Kier alpha value is -2.93. The summed E-state index contributed by atoms with van der Waals surface area (Å²) in [6.07, 6.45) is 0. The van der Waals surface area contributed by atoms with Crippen molar-refractivity contribution in [3.63, 3.8) is 0 Å². The normalized spacial score (nSPS) is 11.4. The molecule has 0 unspecified atom stereocenters. The molecule has 3 rings (SSSR count). The smallest absolute Gasteiger partial charge is 0.261 e. The topological polar surface area (TPSA) is 81.2 Å². The molecule has 0 saturated heterocycles. The van der Waals surface area contributed by atoms with Gasteiger partial charge in [0.2, 0.25) is 5.88 Å². The Morgan fingerprint density at radius 3 is 2.39 bits per heavy atom. The maximum Gasteiger partial charge on any atom is 0.261 e. The summed E-state index contributed by atoms with van der Waals surface area (Å²) in [5.74, 6) is 0.869. The third-order valence-electron chi connectivity index (χ3n) is 3.95. The number of aryl methyl sites for hydroxylation is 1. The van der Waals surface area contributed by atoms with Crippen LogP contribution in [-0.2, 0) is 10.0 Å². The van der Waals surface area contributed by atoms with Crippen molar-refractivity contribution in [2.45, 2.75) is 25.7 Å². The zero-order valence-corrected chi connectivity index (χ0v) is 16.9. The predicted octanol–water partition coefficient (Wildman–Crippen LogP) is 4.29. The molecule has 1 aromatic heterocycles. The first-order valence-corrected chi connectivity index (χ1v) is 10.5. The fourth-order valence-electron chi connectivity index (χ4n) is 2.48. The van der Waals surface area contributed by atoms with Gasteiger partial charge in [-0.2, -0.15) is 0 Å². The van der Waals surface area contributed by atoms with Crippen molar-refractivity contribution in [2.24, 2.45) is 5.92 Å². The van der Waals surface area contributed by atoms with E-state index in [0.717, 1.165) is 11.1 Å². The second-order valence-corrected chi connectivity index (χ2v) is 8.64. The number of hydrogen-bond acceptors (Lipinski definition) is 5. The highest BCUT2D eigenvalue weighted by atomic mass is 32.2. The molecule has 1 heterocycles. The van der Waals surface area contributed by atoms with Crippen LogP contribution in [-0.4, -0.2) is 25.2 Å². The van der Waals surface area contributed by atoms with E-state index in [2.05, 4.69) is 28.8 Å². The molecule has 0 aliphatic heterocycles. The molecule has 0 aliphatic carbocycles. The van der Waals surface area contributed by atoms with Gasteiger partial charge in [0.25, 0.3) is 10.0 Å². The van der Waals surface area contributed by atoms with Crippen LogP contribution in [0.3, 0.4) is 0 Å². The molecule has 0 saturated carbocycles. The summed E-state index contributed by atoms with van der Waals surface area (Å²) in [6.45, 7) is 6.60. The molecule has 0 fully saturated rings. The molecule has 146 valence electrons. The zero-order chi connectivity index (χ0) is 20.1. The number of sulfonamides is 1. The van der Waals surface area contributed by atoms with E-state index in [0.29, 0.717) is 29.8 Å². The summed E-state index contributed by atoms with van der Waals surface area (Å²) in [6, 6.07) is 17.3. The molecule has 7 heteroatoms. The second kappa shape index (κ2) is 8.39. The lowest BCUT2D eigenvalue weighted by atomic mass is 10.1. The van der Waals surface area contributed by atoms with Crippen LogP contribution in [0.15, 0.2) is 65.6 Å². The maximum atomic E-state index is 12.6. The molecule has 0 bridgehead atoms. The monoisotopic (exact) mass is 397 g/mol. The van der Waals surface area contributed by atoms with Crippen LogP contribution in [0.1, 0.15) is 19.4 Å². The van der Waals surface area contributed by atoms with Gasteiger partial charge in [-0.15, -0.1) is 10.2 Å². The predicted molar refractivity (Wildman–Crippen MR) is 110 cm³/mol. The lowest BCUT2D eigenvalue weighted by Gasteiger charge is -2.10. The van der Waals surface area contributed by atoms with E-state index in [1.54, 1.807) is 54.6 Å². The van der Waals surface area contributed by atoms with Crippen molar-refractivity contribution in [1.82, 2.24) is 10.2 Å². The van der Waals surface area contributed by atoms with Crippen LogP contribution in [0, 0.1) is 12.8 Å². The molecule has 0 spiro atoms. The van der Waals surface area contributed by atoms with E-state index in [1.807, 2.05) is 13.0 Å². The van der Waals surface area contributed by atoms with Gasteiger partial charge in [0.1, 0.15) is 0 Å². The van der Waals surface area contributed by atoms with Crippen LogP contribution in [0.25, 0.3) is 11.3 Å². The van der Waals surface area contributed by atoms with E-state index < -0.39 is 10.0 Å². The van der Waals surface area contributed by atoms with Crippen molar-refractivity contribution < 1.29 is 13.2 Å². The second-order valence-electron chi connectivity index (χ2n) is 6.96. The number of aromatic nitrogens is 2. The fraction of sp³-hybridized carbons (Fsp3) is 0.238. The Labute approximate surface area is 165 Å². The number of benzene rings is 2. The fourth-order valence-corrected chi connectivity index (χ4v) is 3.53. The summed E-state index contributed by atoms with van der Waals surface area (Å²) in [5.41, 5.74) is 2.85. The van der Waals surface area contributed by atoms with Crippen LogP contribution in [0.5, 0.6) is 5.88 Å². The number of rotatable bonds is 7. The quantitative estimate of drug-likeness (QED) is 0.643. The Balaban J connectivity index is 1.77. The van der Waals surface area contributed by atoms with E-state index in [-0.39, 0.29) is 4.90 Å². The minimum Gasteiger partial charge on any atom is -0.476 e. The third kappa shape index (κ3) is 5.07. The minimum absolute atomic E-state index is 0.218. The van der Waals surface area contributed by atoms with Crippen LogP contribution < -0.4 is 9.46 Å². The molecular weight excluding hydrogens is 374 g/mol. The van der Waals surface area contributed by atoms with Gasteiger partial charge in [-0.05, 0) is 43.2 Å². The number of anilines is 1. The maximum absolute atomic E-state index is 12.6. The van der Waals surface area contributed by atoms with Crippen molar-refractivity contribution in [3.05, 3.63) is 66.2 Å². The molecule has 0 amide bonds. The van der Waals surface area contributed by atoms with Gasteiger partial charge in [0, 0.05) is 17.3 Å². The highest BCUT2D eigenvalue weighted by Crippen LogP contribution is 2.23. The Kier molecular flexibility index (Phi) is 5.94. The molecule has 3 aromatic rings. The summed E-state index contributed by atoms with van der Waals surface area (Å²) in [7, 11) is -3.66. The number of nitrogens with one attached hydrogen (secondary N) is 1. The Bertz CT molecular complexity index is 1030. The van der Waals surface area contributed by atoms with Gasteiger partial charge in [0.15, 0.2) is 0 Å². The number of hydrogen-bond donors (Lipinski definition) is 1. The zero-order valence-electron chi connectivity index (χ0n) is 16.1. The highest BCUT2D eigenvalue weighted by molar-refractivity contribution is 7.92. The standard InChI is InChI=1S/C21H23N3O3S/c1-15(2)14-27-21-12-11-20(22-23-21)17-5-4-6-18(13-17)24-28(25,26)19-9-7-16(3)8-10-19/h4-13,15,24H,14H2,1-3H3. The number of nitrogens with zero attached hydrogens (tertiary/aromatic N) is 2. The molecule has 2 aromatic carbocycles. The first-order chi connectivity index (χ1) is 13.3. The van der Waals surface area contributed by atoms with E-state index in [1.165, 1.54) is 0 Å². The summed E-state index contributed by atoms with van der Waals surface area (Å²) >= 11 is 0. The first-order valence-electron chi connectivity index (χ1n) is 9.00. The molecule has 0 aliphatic rings. The largest absolute Gasteiger partial charge is 0.476 e. The third-order valence-corrected chi connectivity index (χ3v) is 5.34. The first kappa shape index (κ1) is 19.8. The summed E-state index contributed by atoms with van der Waals surface area (Å²) < 4.78 is 33.3. The Morgan fingerprint density at radius 1 is 1.00 bits per heavy atom. The molecular formula is C21H23N3O3S. The van der Waals surface area contributed by atoms with Crippen molar-refractivity contribution in [2.75, 3.05) is 11.3 Å².